The minimum absolute atomic E-state index is 0.471. The molecule has 0 aromatic heterocycles. The van der Waals surface area contributed by atoms with Crippen LogP contribution in [0.15, 0.2) is 0 Å². The molecule has 2 aliphatic rings. The van der Waals surface area contributed by atoms with Crippen molar-refractivity contribution in [1.29, 1.82) is 0 Å². The molecule has 2 rings (SSSR count). The van der Waals surface area contributed by atoms with Gasteiger partial charge in [0.05, 0.1) is 0 Å². The molecule has 0 aliphatic carbocycles. The molecule has 0 radical (unpaired) electrons. The maximum Gasteiger partial charge on any atom is 0.0170 e. The summed E-state index contributed by atoms with van der Waals surface area (Å²) in [6.07, 6.45) is 4.10. The summed E-state index contributed by atoms with van der Waals surface area (Å²) < 4.78 is 0. The smallest absolute Gasteiger partial charge is 0.0170 e. The topological polar surface area (TPSA) is 29.3 Å². The van der Waals surface area contributed by atoms with E-state index in [2.05, 4.69) is 4.90 Å². The molecule has 58 valence electrons. The Hall–Kier alpha value is -0.0800. The van der Waals surface area contributed by atoms with E-state index in [9.17, 15) is 0 Å². The molecule has 2 heteroatoms. The Balaban J connectivity index is 1.98. The highest BCUT2D eigenvalue weighted by Gasteiger charge is 2.27. The van der Waals surface area contributed by atoms with Crippen LogP contribution in [-0.2, 0) is 0 Å². The molecular formula is C8H16N2. The first-order valence-electron chi connectivity index (χ1n) is 4.32. The molecule has 3 atom stereocenters. The Bertz CT molecular complexity index is 108. The van der Waals surface area contributed by atoms with Crippen LogP contribution in [0.1, 0.15) is 19.3 Å². The summed E-state index contributed by atoms with van der Waals surface area (Å²) in [7, 11) is 0. The standard InChI is InChI=1S/C8H16N2/c9-8-4-7-2-1-3-10(5-7)6-8/h7-8H,1-6,9H2/t7-,8+/m0/s1. The van der Waals surface area contributed by atoms with Crippen LogP contribution in [0, 0.1) is 5.92 Å². The monoisotopic (exact) mass is 140 g/mol. The van der Waals surface area contributed by atoms with E-state index < -0.39 is 0 Å². The fraction of sp³-hybridized carbons (Fsp3) is 1.00. The Labute approximate surface area is 62.4 Å². The predicted octanol–water partition coefficient (Wildman–Crippen LogP) is 0.429. The molecule has 0 aromatic carbocycles. The van der Waals surface area contributed by atoms with Crippen molar-refractivity contribution in [3.63, 3.8) is 0 Å². The third-order valence-corrected chi connectivity index (χ3v) is 2.73. The molecule has 2 heterocycles. The van der Waals surface area contributed by atoms with Crippen LogP contribution < -0.4 is 5.73 Å². The van der Waals surface area contributed by atoms with E-state index in [1.807, 2.05) is 0 Å². The maximum atomic E-state index is 5.88. The molecule has 0 aromatic rings. The highest BCUT2D eigenvalue weighted by Crippen LogP contribution is 2.24. The van der Waals surface area contributed by atoms with Crippen LogP contribution in [0.5, 0.6) is 0 Å². The molecule has 0 amide bonds. The van der Waals surface area contributed by atoms with E-state index in [1.54, 1.807) is 0 Å². The van der Waals surface area contributed by atoms with Crippen LogP contribution >= 0.6 is 0 Å². The molecule has 0 spiro atoms. The molecule has 1 unspecified atom stereocenters. The number of hydrogen-bond acceptors (Lipinski definition) is 2. The van der Waals surface area contributed by atoms with Crippen molar-refractivity contribution >= 4 is 0 Å². The van der Waals surface area contributed by atoms with Gasteiger partial charge in [-0.2, -0.15) is 0 Å². The van der Waals surface area contributed by atoms with Crippen LogP contribution in [0.25, 0.3) is 0 Å². The summed E-state index contributed by atoms with van der Waals surface area (Å²) in [6.45, 7) is 3.77. The van der Waals surface area contributed by atoms with Gasteiger partial charge in [-0.1, -0.05) is 0 Å². The summed E-state index contributed by atoms with van der Waals surface area (Å²) in [5.74, 6) is 0.928. The zero-order valence-corrected chi connectivity index (χ0v) is 6.42. The summed E-state index contributed by atoms with van der Waals surface area (Å²) in [5, 5.41) is 0. The summed E-state index contributed by atoms with van der Waals surface area (Å²) in [4.78, 5) is 2.52. The SMILES string of the molecule is N[C@@H]1C[C@@H]2CCCN(C1)C2. The Morgan fingerprint density at radius 1 is 1.30 bits per heavy atom. The van der Waals surface area contributed by atoms with Gasteiger partial charge in [0.25, 0.3) is 0 Å². The zero-order valence-electron chi connectivity index (χ0n) is 6.42. The largest absolute Gasteiger partial charge is 0.327 e. The number of hydrogen-bond donors (Lipinski definition) is 1. The number of piperidine rings is 2. The second kappa shape index (κ2) is 2.51. The van der Waals surface area contributed by atoms with Gasteiger partial charge in [0.2, 0.25) is 0 Å². The van der Waals surface area contributed by atoms with E-state index in [0.29, 0.717) is 6.04 Å². The van der Waals surface area contributed by atoms with Crippen molar-refractivity contribution in [3.8, 4) is 0 Å². The molecule has 2 aliphatic heterocycles. The predicted molar refractivity (Wildman–Crippen MR) is 41.8 cm³/mol. The van der Waals surface area contributed by atoms with Crippen molar-refractivity contribution in [2.45, 2.75) is 25.3 Å². The number of rotatable bonds is 0. The normalized spacial score (nSPS) is 47.1. The van der Waals surface area contributed by atoms with Gasteiger partial charge in [-0.25, -0.2) is 0 Å². The average molecular weight is 140 g/mol. The lowest BCUT2D eigenvalue weighted by atomic mass is 9.87. The van der Waals surface area contributed by atoms with Gasteiger partial charge in [0, 0.05) is 19.1 Å². The van der Waals surface area contributed by atoms with E-state index in [4.69, 9.17) is 5.73 Å². The first-order valence-corrected chi connectivity index (χ1v) is 4.32. The molecule has 2 bridgehead atoms. The van der Waals surface area contributed by atoms with Crippen LogP contribution in [0.2, 0.25) is 0 Å². The maximum absolute atomic E-state index is 5.88. The molecule has 2 saturated heterocycles. The van der Waals surface area contributed by atoms with Crippen LogP contribution in [-0.4, -0.2) is 30.6 Å². The van der Waals surface area contributed by atoms with Crippen LogP contribution in [0.4, 0.5) is 0 Å². The number of nitrogens with zero attached hydrogens (tertiary/aromatic N) is 1. The van der Waals surface area contributed by atoms with E-state index in [-0.39, 0.29) is 0 Å². The second-order valence-corrected chi connectivity index (χ2v) is 3.76. The summed E-state index contributed by atoms with van der Waals surface area (Å²) in [6, 6.07) is 0.471. The van der Waals surface area contributed by atoms with Gasteiger partial charge >= 0.3 is 0 Å². The fourth-order valence-electron chi connectivity index (χ4n) is 2.34. The number of nitrogens with two attached hydrogens (primary N) is 1. The first-order chi connectivity index (χ1) is 4.84. The highest BCUT2D eigenvalue weighted by molar-refractivity contribution is 4.84. The Morgan fingerprint density at radius 2 is 2.20 bits per heavy atom. The lowest BCUT2D eigenvalue weighted by Crippen LogP contribution is -2.49. The van der Waals surface area contributed by atoms with E-state index in [1.165, 1.54) is 32.4 Å². The molecule has 0 saturated carbocycles. The van der Waals surface area contributed by atoms with Gasteiger partial charge < -0.3 is 10.6 Å². The molecular weight excluding hydrogens is 124 g/mol. The molecule has 2 fully saturated rings. The van der Waals surface area contributed by atoms with Crippen molar-refractivity contribution in [2.24, 2.45) is 11.7 Å². The van der Waals surface area contributed by atoms with Gasteiger partial charge in [-0.05, 0) is 31.7 Å². The van der Waals surface area contributed by atoms with Crippen molar-refractivity contribution in [2.75, 3.05) is 19.6 Å². The van der Waals surface area contributed by atoms with Gasteiger partial charge in [-0.3, -0.25) is 0 Å². The highest BCUT2D eigenvalue weighted by atomic mass is 15.2. The van der Waals surface area contributed by atoms with Crippen molar-refractivity contribution in [1.82, 2.24) is 4.90 Å². The lowest BCUT2D eigenvalue weighted by molar-refractivity contribution is 0.110. The quantitative estimate of drug-likeness (QED) is 0.528. The minimum atomic E-state index is 0.471. The van der Waals surface area contributed by atoms with Crippen molar-refractivity contribution < 1.29 is 0 Å². The third kappa shape index (κ3) is 1.18. The summed E-state index contributed by atoms with van der Waals surface area (Å²) >= 11 is 0. The van der Waals surface area contributed by atoms with E-state index in [0.717, 1.165) is 12.5 Å². The van der Waals surface area contributed by atoms with Gasteiger partial charge in [-0.15, -0.1) is 0 Å². The third-order valence-electron chi connectivity index (χ3n) is 2.73. The molecule has 2 nitrogen and oxygen atoms in total. The van der Waals surface area contributed by atoms with Crippen LogP contribution in [0.3, 0.4) is 0 Å². The minimum Gasteiger partial charge on any atom is -0.327 e. The number of fused-ring (bicyclic) bond motifs is 2. The molecule has 2 N–H and O–H groups in total. The first kappa shape index (κ1) is 6.62. The average Bonchev–Trinajstić information content (AvgIpc) is 1.85. The Kier molecular flexibility index (Phi) is 1.66. The summed E-state index contributed by atoms with van der Waals surface area (Å²) in [5.41, 5.74) is 5.88. The zero-order chi connectivity index (χ0) is 6.97. The van der Waals surface area contributed by atoms with Gasteiger partial charge in [0.1, 0.15) is 0 Å². The van der Waals surface area contributed by atoms with Gasteiger partial charge in [0.15, 0.2) is 0 Å². The van der Waals surface area contributed by atoms with E-state index >= 15 is 0 Å². The van der Waals surface area contributed by atoms with Crippen molar-refractivity contribution in [3.05, 3.63) is 0 Å². The molecule has 10 heavy (non-hydrogen) atoms. The Morgan fingerprint density at radius 3 is 3.00 bits per heavy atom. The lowest BCUT2D eigenvalue weighted by Gasteiger charge is -2.40. The fourth-order valence-corrected chi connectivity index (χ4v) is 2.34. The second-order valence-electron chi connectivity index (χ2n) is 3.76.